The Bertz CT molecular complexity index is 2430. The summed E-state index contributed by atoms with van der Waals surface area (Å²) >= 11 is 0. The van der Waals surface area contributed by atoms with Crippen molar-refractivity contribution in [2.45, 2.75) is 78.1 Å². The number of imide groups is 1. The Morgan fingerprint density at radius 1 is 0.902 bits per heavy atom. The Hall–Kier alpha value is -6.07. The molecule has 1 atom stereocenters. The van der Waals surface area contributed by atoms with E-state index in [1.807, 2.05) is 58.0 Å². The Balaban J connectivity index is 0.816. The van der Waals surface area contributed by atoms with Gasteiger partial charge in [-0.15, -0.1) is 0 Å². The molecule has 2 aromatic heterocycles. The number of carbonyl (C=O) groups excluding carboxylic acids is 4. The van der Waals surface area contributed by atoms with Gasteiger partial charge in [-0.05, 0) is 85.3 Å². The van der Waals surface area contributed by atoms with Gasteiger partial charge >= 0.3 is 0 Å². The summed E-state index contributed by atoms with van der Waals surface area (Å²) in [5.41, 5.74) is 8.20. The van der Waals surface area contributed by atoms with Crippen LogP contribution in [0.5, 0.6) is 5.75 Å². The second kappa shape index (κ2) is 15.4. The smallest absolute Gasteiger partial charge is 0.255 e. The molecule has 2 N–H and O–H groups in total. The van der Waals surface area contributed by atoms with Gasteiger partial charge in [0.1, 0.15) is 29.8 Å². The maximum atomic E-state index is 14.5. The zero-order valence-corrected chi connectivity index (χ0v) is 35.3. The zero-order chi connectivity index (χ0) is 42.8. The number of nitriles is 1. The number of nitrogens with two attached hydrogens (primary N) is 1. The molecule has 4 aliphatic heterocycles. The first kappa shape index (κ1) is 40.3. The van der Waals surface area contributed by atoms with Gasteiger partial charge in [-0.3, -0.25) is 34.0 Å². The van der Waals surface area contributed by atoms with Gasteiger partial charge < -0.3 is 25.2 Å². The van der Waals surface area contributed by atoms with Crippen molar-refractivity contribution in [1.29, 1.82) is 5.26 Å². The number of likely N-dealkylation sites (tertiary alicyclic amines) is 1. The van der Waals surface area contributed by atoms with Gasteiger partial charge in [0.05, 0.1) is 22.7 Å². The van der Waals surface area contributed by atoms with Gasteiger partial charge in [-0.25, -0.2) is 4.98 Å². The van der Waals surface area contributed by atoms with E-state index in [-0.39, 0.29) is 30.2 Å². The summed E-state index contributed by atoms with van der Waals surface area (Å²) in [7, 11) is 0. The maximum absolute atomic E-state index is 14.5. The molecule has 4 fully saturated rings. The third kappa shape index (κ3) is 7.02. The third-order valence-electron chi connectivity index (χ3n) is 14.1. The van der Waals surface area contributed by atoms with Crippen LogP contribution in [0.25, 0.3) is 10.9 Å². The van der Waals surface area contributed by atoms with Crippen molar-refractivity contribution < 1.29 is 23.9 Å². The first-order valence-electron chi connectivity index (χ1n) is 21.5. The highest BCUT2D eigenvalue weighted by Gasteiger charge is 2.68. The lowest BCUT2D eigenvalue weighted by Crippen LogP contribution is -2.77. The van der Waals surface area contributed by atoms with Crippen LogP contribution in [0.15, 0.2) is 67.0 Å². The van der Waals surface area contributed by atoms with Gasteiger partial charge in [-0.2, -0.15) is 5.26 Å². The number of rotatable bonds is 9. The standard InChI is InChI=1S/C47H53N9O5/c1-46(2)44(47(3,4)45(46)61-37-12-7-30(25-48)40-35(37)6-5-17-50-40)56-39(57)14-11-36(43(56)60)55-28-32-24-33(9-10-34(32)42(55)59)53-22-20-52(21-23-53)27-29-15-18-54(19-16-29)38-13-8-31(26-51-38)41(49)58/h5-10,12-13,17,24,26,29,36,44-45H,11,14-16,18-23,27-28H2,1-4H3,(H2,49,58)/t36-,44?,45?/m0/s1. The molecule has 3 saturated heterocycles. The number of hydrogen-bond donors (Lipinski definition) is 1. The number of fused-ring (bicyclic) bond motifs is 2. The second-order valence-electron chi connectivity index (χ2n) is 18.6. The van der Waals surface area contributed by atoms with E-state index in [4.69, 9.17) is 10.5 Å². The summed E-state index contributed by atoms with van der Waals surface area (Å²) in [6.45, 7) is 15.1. The molecule has 2 aromatic carbocycles. The molecule has 9 rings (SSSR count). The topological polar surface area (TPSA) is 169 Å². The van der Waals surface area contributed by atoms with Crippen molar-refractivity contribution in [2.75, 3.05) is 55.6 Å². The molecule has 0 radical (unpaired) electrons. The molecule has 316 valence electrons. The number of primary amides is 1. The predicted octanol–water partition coefficient (Wildman–Crippen LogP) is 4.99. The van der Waals surface area contributed by atoms with E-state index in [1.165, 1.54) is 4.90 Å². The lowest BCUT2D eigenvalue weighted by atomic mass is 9.48. The molecule has 4 aromatic rings. The minimum absolute atomic E-state index is 0.168. The highest BCUT2D eigenvalue weighted by Crippen LogP contribution is 2.59. The van der Waals surface area contributed by atoms with Crippen LogP contribution in [0.4, 0.5) is 11.5 Å². The van der Waals surface area contributed by atoms with Crippen LogP contribution in [-0.2, 0) is 16.1 Å². The number of ether oxygens (including phenoxy) is 1. The highest BCUT2D eigenvalue weighted by atomic mass is 16.5. The van der Waals surface area contributed by atoms with E-state index in [9.17, 15) is 24.4 Å². The number of benzene rings is 2. The van der Waals surface area contributed by atoms with E-state index in [1.54, 1.807) is 35.5 Å². The molecular formula is C47H53N9O5. The molecule has 6 heterocycles. The summed E-state index contributed by atoms with van der Waals surface area (Å²) in [5.74, 6) is 0.911. The molecule has 1 aliphatic carbocycles. The van der Waals surface area contributed by atoms with E-state index < -0.39 is 28.8 Å². The lowest BCUT2D eigenvalue weighted by molar-refractivity contribution is -0.216. The minimum atomic E-state index is -0.741. The molecular weight excluding hydrogens is 771 g/mol. The van der Waals surface area contributed by atoms with Crippen LogP contribution in [0, 0.1) is 28.1 Å². The van der Waals surface area contributed by atoms with Gasteiger partial charge in [-0.1, -0.05) is 27.7 Å². The number of anilines is 2. The van der Waals surface area contributed by atoms with E-state index in [0.717, 1.165) is 81.1 Å². The van der Waals surface area contributed by atoms with Crippen LogP contribution in [0.1, 0.15) is 85.2 Å². The molecule has 0 unspecified atom stereocenters. The molecule has 14 heteroatoms. The minimum Gasteiger partial charge on any atom is -0.488 e. The average Bonchev–Trinajstić information content (AvgIpc) is 3.59. The van der Waals surface area contributed by atoms with Crippen LogP contribution in [0.2, 0.25) is 0 Å². The fourth-order valence-electron chi connectivity index (χ4n) is 11.3. The van der Waals surface area contributed by atoms with Crippen molar-refractivity contribution in [1.82, 2.24) is 24.7 Å². The van der Waals surface area contributed by atoms with Crippen molar-refractivity contribution >= 4 is 46.0 Å². The van der Waals surface area contributed by atoms with Gasteiger partial charge in [0.2, 0.25) is 11.8 Å². The summed E-state index contributed by atoms with van der Waals surface area (Å²) in [5, 5.41) is 10.4. The summed E-state index contributed by atoms with van der Waals surface area (Å²) < 4.78 is 6.71. The maximum Gasteiger partial charge on any atom is 0.255 e. The van der Waals surface area contributed by atoms with Crippen LogP contribution in [0.3, 0.4) is 0 Å². The first-order chi connectivity index (χ1) is 29.3. The lowest BCUT2D eigenvalue weighted by Gasteiger charge is -2.66. The number of pyridine rings is 2. The Morgan fingerprint density at radius 2 is 1.66 bits per heavy atom. The number of piperidine rings is 2. The van der Waals surface area contributed by atoms with Crippen LogP contribution >= 0.6 is 0 Å². The quantitative estimate of drug-likeness (QED) is 0.226. The number of carbonyl (C=O) groups is 4. The third-order valence-corrected chi connectivity index (χ3v) is 14.1. The zero-order valence-electron chi connectivity index (χ0n) is 35.3. The Morgan fingerprint density at radius 3 is 2.34 bits per heavy atom. The Labute approximate surface area is 356 Å². The largest absolute Gasteiger partial charge is 0.488 e. The van der Waals surface area contributed by atoms with Gasteiger partial charge in [0.25, 0.3) is 11.8 Å². The monoisotopic (exact) mass is 823 g/mol. The second-order valence-corrected chi connectivity index (χ2v) is 18.6. The van der Waals surface area contributed by atoms with Crippen LogP contribution in [-0.4, -0.2) is 112 Å². The van der Waals surface area contributed by atoms with E-state index >= 15 is 0 Å². The molecule has 1 saturated carbocycles. The van der Waals surface area contributed by atoms with E-state index in [0.29, 0.717) is 46.8 Å². The Kier molecular flexibility index (Phi) is 10.2. The van der Waals surface area contributed by atoms with Crippen molar-refractivity contribution in [3.63, 3.8) is 0 Å². The number of aromatic nitrogens is 2. The van der Waals surface area contributed by atoms with E-state index in [2.05, 4.69) is 36.8 Å². The van der Waals surface area contributed by atoms with Gasteiger partial charge in [0, 0.05) is 98.6 Å². The average molecular weight is 824 g/mol. The number of piperazine rings is 1. The molecule has 4 amide bonds. The number of hydrogen-bond acceptors (Lipinski definition) is 11. The van der Waals surface area contributed by atoms with Crippen molar-refractivity contribution in [2.24, 2.45) is 22.5 Å². The van der Waals surface area contributed by atoms with Crippen molar-refractivity contribution in [3.05, 3.63) is 89.2 Å². The van der Waals surface area contributed by atoms with Gasteiger partial charge in [0.15, 0.2) is 0 Å². The predicted molar refractivity (Wildman–Crippen MR) is 230 cm³/mol. The molecule has 0 bridgehead atoms. The summed E-state index contributed by atoms with van der Waals surface area (Å²) in [6.07, 6.45) is 5.48. The number of nitrogens with zero attached hydrogens (tertiary/aromatic N) is 8. The molecule has 5 aliphatic rings. The normalized spacial score (nSPS) is 24.1. The highest BCUT2D eigenvalue weighted by molar-refractivity contribution is 6.06. The molecule has 14 nitrogen and oxygen atoms in total. The SMILES string of the molecule is CC1(C)C(Oc2ccc(C#N)c3ncccc23)C(C)(C)C1N1C(=O)CC[C@H](N2Cc3cc(N4CCN(CC5CCN(c6ccc(C(N)=O)cn6)CC5)CC4)ccc3C2=O)C1=O. The van der Waals surface area contributed by atoms with Crippen molar-refractivity contribution in [3.8, 4) is 11.8 Å². The first-order valence-corrected chi connectivity index (χ1v) is 21.5. The fraction of sp³-hybridized carbons (Fsp3) is 0.468. The molecule has 0 spiro atoms. The molecule has 61 heavy (non-hydrogen) atoms. The number of amides is 4. The fourth-order valence-corrected chi connectivity index (χ4v) is 11.3. The summed E-state index contributed by atoms with van der Waals surface area (Å²) in [6, 6.07) is 17.9. The summed E-state index contributed by atoms with van der Waals surface area (Å²) in [4.78, 5) is 72.9. The van der Waals surface area contributed by atoms with Crippen LogP contribution < -0.4 is 20.3 Å².